The molecule has 0 saturated heterocycles. The average molecular weight is 341 g/mol. The molecular formula is C22H32OSi. The molecular weight excluding hydrogens is 308 g/mol. The molecule has 2 heteroatoms. The fourth-order valence-corrected chi connectivity index (χ4v) is 2.69. The Morgan fingerprint density at radius 3 is 2.38 bits per heavy atom. The highest BCUT2D eigenvalue weighted by Gasteiger charge is 2.07. The first kappa shape index (κ1) is 20.3. The first-order valence-corrected chi connectivity index (χ1v) is 12.5. The molecule has 0 amide bonds. The maximum Gasteiger partial charge on any atom is 0.129 e. The standard InChI is InChI=1S/C22H32OSi/c1-6-7-8-9-10-11-12-20(17-18-24(3,4)5)19-21-13-15-22(23-2)16-14-21/h10-11,13-16,19H,6-9,12H2,1-5H3/b11-10+,20-19-. The van der Waals surface area contributed by atoms with Crippen LogP contribution in [0, 0.1) is 11.5 Å². The molecule has 130 valence electrons. The fraction of sp³-hybridized carbons (Fsp3) is 0.455. The average Bonchev–Trinajstić information content (AvgIpc) is 2.55. The molecule has 0 heterocycles. The highest BCUT2D eigenvalue weighted by atomic mass is 28.3. The summed E-state index contributed by atoms with van der Waals surface area (Å²) in [6, 6.07) is 8.16. The molecule has 0 spiro atoms. The molecule has 0 aromatic heterocycles. The summed E-state index contributed by atoms with van der Waals surface area (Å²) in [4.78, 5) is 0. The van der Waals surface area contributed by atoms with E-state index >= 15 is 0 Å². The molecule has 1 aromatic carbocycles. The second-order valence-corrected chi connectivity index (χ2v) is 11.9. The van der Waals surface area contributed by atoms with Gasteiger partial charge in [0.15, 0.2) is 0 Å². The van der Waals surface area contributed by atoms with Crippen molar-refractivity contribution in [1.29, 1.82) is 0 Å². The lowest BCUT2D eigenvalue weighted by atomic mass is 10.1. The summed E-state index contributed by atoms with van der Waals surface area (Å²) in [5.41, 5.74) is 5.85. The zero-order chi connectivity index (χ0) is 17.8. The highest BCUT2D eigenvalue weighted by molar-refractivity contribution is 6.83. The summed E-state index contributed by atoms with van der Waals surface area (Å²) < 4.78 is 5.22. The molecule has 0 bridgehead atoms. The molecule has 0 radical (unpaired) electrons. The second kappa shape index (κ2) is 10.9. The van der Waals surface area contributed by atoms with E-state index in [0.29, 0.717) is 0 Å². The molecule has 0 aliphatic carbocycles. The van der Waals surface area contributed by atoms with Gasteiger partial charge in [0, 0.05) is 5.57 Å². The van der Waals surface area contributed by atoms with Crippen LogP contribution in [0.2, 0.25) is 19.6 Å². The van der Waals surface area contributed by atoms with Crippen molar-refractivity contribution in [3.8, 4) is 17.2 Å². The summed E-state index contributed by atoms with van der Waals surface area (Å²) in [7, 11) is 0.330. The van der Waals surface area contributed by atoms with Gasteiger partial charge in [-0.25, -0.2) is 0 Å². The van der Waals surface area contributed by atoms with Crippen molar-refractivity contribution in [2.75, 3.05) is 7.11 Å². The number of allylic oxidation sites excluding steroid dienone is 3. The van der Waals surface area contributed by atoms with E-state index in [-0.39, 0.29) is 0 Å². The van der Waals surface area contributed by atoms with E-state index in [1.807, 2.05) is 12.1 Å². The van der Waals surface area contributed by atoms with Crippen molar-refractivity contribution in [2.45, 2.75) is 58.7 Å². The summed E-state index contributed by atoms with van der Waals surface area (Å²) in [6.07, 6.45) is 12.7. The van der Waals surface area contributed by atoms with Crippen LogP contribution in [0.4, 0.5) is 0 Å². The highest BCUT2D eigenvalue weighted by Crippen LogP contribution is 2.16. The molecule has 1 aromatic rings. The van der Waals surface area contributed by atoms with Crippen molar-refractivity contribution in [2.24, 2.45) is 0 Å². The lowest BCUT2D eigenvalue weighted by Gasteiger charge is -2.05. The summed E-state index contributed by atoms with van der Waals surface area (Å²) in [6.45, 7) is 9.09. The van der Waals surface area contributed by atoms with Crippen molar-refractivity contribution >= 4 is 14.1 Å². The molecule has 0 unspecified atom stereocenters. The Morgan fingerprint density at radius 1 is 1.08 bits per heavy atom. The van der Waals surface area contributed by atoms with E-state index in [4.69, 9.17) is 4.74 Å². The molecule has 0 atom stereocenters. The Hall–Kier alpha value is -1.72. The lowest BCUT2D eigenvalue weighted by Crippen LogP contribution is -2.16. The minimum Gasteiger partial charge on any atom is -0.497 e. The number of unbranched alkanes of at least 4 members (excludes halogenated alkanes) is 3. The normalized spacial score (nSPS) is 12.1. The SMILES string of the molecule is CCCCC/C=C/C/C(C#C[Si](C)(C)C)=C/c1ccc(OC)cc1. The van der Waals surface area contributed by atoms with Gasteiger partial charge in [0.1, 0.15) is 13.8 Å². The van der Waals surface area contributed by atoms with Crippen molar-refractivity contribution in [3.05, 3.63) is 47.6 Å². The van der Waals surface area contributed by atoms with Gasteiger partial charge in [-0.05, 0) is 43.0 Å². The third-order valence-electron chi connectivity index (χ3n) is 3.53. The molecule has 0 fully saturated rings. The Labute approximate surface area is 149 Å². The molecule has 0 aliphatic heterocycles. The van der Waals surface area contributed by atoms with Gasteiger partial charge in [0.25, 0.3) is 0 Å². The van der Waals surface area contributed by atoms with Gasteiger partial charge in [-0.2, -0.15) is 0 Å². The molecule has 1 nitrogen and oxygen atoms in total. The van der Waals surface area contributed by atoms with Gasteiger partial charge in [-0.15, -0.1) is 5.54 Å². The Bertz CT molecular complexity index is 592. The van der Waals surface area contributed by atoms with Crippen LogP contribution in [0.3, 0.4) is 0 Å². The zero-order valence-corrected chi connectivity index (χ0v) is 17.0. The summed E-state index contributed by atoms with van der Waals surface area (Å²) in [5.74, 6) is 4.32. The largest absolute Gasteiger partial charge is 0.497 e. The van der Waals surface area contributed by atoms with Gasteiger partial charge in [0.2, 0.25) is 0 Å². The Kier molecular flexibility index (Phi) is 9.26. The van der Waals surface area contributed by atoms with Crippen molar-refractivity contribution in [1.82, 2.24) is 0 Å². The molecule has 0 N–H and O–H groups in total. The van der Waals surface area contributed by atoms with Gasteiger partial charge < -0.3 is 4.74 Å². The molecule has 0 aliphatic rings. The number of hydrogen-bond acceptors (Lipinski definition) is 1. The van der Waals surface area contributed by atoms with Gasteiger partial charge >= 0.3 is 0 Å². The maximum atomic E-state index is 5.22. The smallest absolute Gasteiger partial charge is 0.129 e. The van der Waals surface area contributed by atoms with E-state index in [0.717, 1.165) is 12.2 Å². The van der Waals surface area contributed by atoms with E-state index in [1.165, 1.54) is 36.8 Å². The third-order valence-corrected chi connectivity index (χ3v) is 4.41. The van der Waals surface area contributed by atoms with E-state index in [1.54, 1.807) is 7.11 Å². The number of hydrogen-bond donors (Lipinski definition) is 0. The number of benzene rings is 1. The quantitative estimate of drug-likeness (QED) is 0.227. The predicted molar refractivity (Wildman–Crippen MR) is 110 cm³/mol. The van der Waals surface area contributed by atoms with E-state index in [9.17, 15) is 0 Å². The van der Waals surface area contributed by atoms with Crippen molar-refractivity contribution in [3.63, 3.8) is 0 Å². The fourth-order valence-electron chi connectivity index (χ4n) is 2.16. The van der Waals surface area contributed by atoms with Crippen LogP contribution in [-0.2, 0) is 0 Å². The van der Waals surface area contributed by atoms with Crippen LogP contribution in [-0.4, -0.2) is 15.2 Å². The summed E-state index contributed by atoms with van der Waals surface area (Å²) >= 11 is 0. The van der Waals surface area contributed by atoms with E-state index in [2.05, 4.69) is 68.4 Å². The van der Waals surface area contributed by atoms with Crippen LogP contribution < -0.4 is 4.74 Å². The van der Waals surface area contributed by atoms with Crippen LogP contribution in [0.1, 0.15) is 44.6 Å². The van der Waals surface area contributed by atoms with Crippen LogP contribution in [0.15, 0.2) is 42.0 Å². The third kappa shape index (κ3) is 9.42. The first-order chi connectivity index (χ1) is 11.4. The van der Waals surface area contributed by atoms with Gasteiger partial charge in [-0.1, -0.05) is 69.6 Å². The molecule has 0 saturated carbocycles. The zero-order valence-electron chi connectivity index (χ0n) is 16.0. The Balaban J connectivity index is 2.83. The topological polar surface area (TPSA) is 9.23 Å². The summed E-state index contributed by atoms with van der Waals surface area (Å²) in [5, 5.41) is 0. The number of ether oxygens (including phenoxy) is 1. The minimum absolute atomic E-state index is 0.887. The van der Waals surface area contributed by atoms with Crippen LogP contribution in [0.5, 0.6) is 5.75 Å². The second-order valence-electron chi connectivity index (χ2n) is 7.11. The number of methoxy groups -OCH3 is 1. The van der Waals surface area contributed by atoms with E-state index < -0.39 is 8.07 Å². The monoisotopic (exact) mass is 340 g/mol. The lowest BCUT2D eigenvalue weighted by molar-refractivity contribution is 0.415. The molecule has 24 heavy (non-hydrogen) atoms. The van der Waals surface area contributed by atoms with Crippen LogP contribution in [0.25, 0.3) is 6.08 Å². The number of rotatable bonds is 8. The Morgan fingerprint density at radius 2 is 1.79 bits per heavy atom. The maximum absolute atomic E-state index is 5.22. The molecule has 1 rings (SSSR count). The van der Waals surface area contributed by atoms with Crippen molar-refractivity contribution < 1.29 is 4.74 Å². The minimum atomic E-state index is -1.36. The van der Waals surface area contributed by atoms with Crippen LogP contribution >= 0.6 is 0 Å². The predicted octanol–water partition coefficient (Wildman–Crippen LogP) is 6.49. The first-order valence-electron chi connectivity index (χ1n) is 8.97. The van der Waals surface area contributed by atoms with Gasteiger partial charge in [0.05, 0.1) is 7.11 Å². The van der Waals surface area contributed by atoms with Gasteiger partial charge in [-0.3, -0.25) is 0 Å².